The molecule has 0 amide bonds. The number of pyridine rings is 1. The van der Waals surface area contributed by atoms with Crippen LogP contribution in [0.25, 0.3) is 11.4 Å². The van der Waals surface area contributed by atoms with Gasteiger partial charge < -0.3 is 10.6 Å². The van der Waals surface area contributed by atoms with Gasteiger partial charge in [-0.1, -0.05) is 35.0 Å². The second-order valence-electron chi connectivity index (χ2n) is 6.17. The van der Waals surface area contributed by atoms with Crippen LogP contribution in [0.1, 0.15) is 25.8 Å². The number of aromatic nitrogens is 3. The lowest BCUT2D eigenvalue weighted by atomic mass is 10.2. The Balaban J connectivity index is 2.00. The first kappa shape index (κ1) is 18.3. The highest BCUT2D eigenvalue weighted by atomic mass is 79.9. The molecule has 1 atom stereocenters. The third kappa shape index (κ3) is 4.38. The zero-order valence-corrected chi connectivity index (χ0v) is 16.7. The molecule has 2 heterocycles. The van der Waals surface area contributed by atoms with Crippen LogP contribution in [0.15, 0.2) is 53.1 Å². The maximum atomic E-state index is 4.64. The van der Waals surface area contributed by atoms with E-state index in [0.29, 0.717) is 5.95 Å². The van der Waals surface area contributed by atoms with E-state index < -0.39 is 0 Å². The van der Waals surface area contributed by atoms with Crippen LogP contribution >= 0.6 is 15.9 Å². The van der Waals surface area contributed by atoms with Crippen LogP contribution in [0.4, 0.5) is 17.5 Å². The number of nitrogens with one attached hydrogen (secondary N) is 2. The zero-order chi connectivity index (χ0) is 18.5. The highest BCUT2D eigenvalue weighted by Gasteiger charge is 2.11. The van der Waals surface area contributed by atoms with E-state index in [2.05, 4.69) is 62.3 Å². The van der Waals surface area contributed by atoms with Crippen molar-refractivity contribution >= 4 is 33.4 Å². The first-order valence-corrected chi connectivity index (χ1v) is 9.45. The van der Waals surface area contributed by atoms with Gasteiger partial charge in [0.1, 0.15) is 5.82 Å². The van der Waals surface area contributed by atoms with E-state index >= 15 is 0 Å². The molecule has 0 bridgehead atoms. The van der Waals surface area contributed by atoms with Gasteiger partial charge in [-0.05, 0) is 50.1 Å². The Kier molecular flexibility index (Phi) is 5.83. The normalized spacial score (nSPS) is 11.8. The van der Waals surface area contributed by atoms with E-state index in [0.717, 1.165) is 39.4 Å². The number of nitrogens with zero attached hydrogens (tertiary/aromatic N) is 3. The summed E-state index contributed by atoms with van der Waals surface area (Å²) in [4.78, 5) is 13.7. The lowest BCUT2D eigenvalue weighted by molar-refractivity contribution is 0.753. The van der Waals surface area contributed by atoms with Gasteiger partial charge in [0.2, 0.25) is 5.95 Å². The first-order valence-electron chi connectivity index (χ1n) is 8.66. The van der Waals surface area contributed by atoms with Crippen molar-refractivity contribution in [1.82, 2.24) is 15.0 Å². The molecule has 0 spiro atoms. The molecule has 3 rings (SSSR count). The Morgan fingerprint density at radius 1 is 1.08 bits per heavy atom. The van der Waals surface area contributed by atoms with E-state index in [-0.39, 0.29) is 6.04 Å². The number of anilines is 3. The smallest absolute Gasteiger partial charge is 0.225 e. The van der Waals surface area contributed by atoms with Crippen LogP contribution in [0, 0.1) is 6.92 Å². The number of hydrogen-bond donors (Lipinski definition) is 2. The molecule has 26 heavy (non-hydrogen) atoms. The molecule has 0 saturated carbocycles. The van der Waals surface area contributed by atoms with Gasteiger partial charge in [0.15, 0.2) is 0 Å². The van der Waals surface area contributed by atoms with Gasteiger partial charge in [0, 0.05) is 28.5 Å². The number of rotatable bonds is 6. The third-order valence-electron chi connectivity index (χ3n) is 4.17. The number of hydrogen-bond acceptors (Lipinski definition) is 5. The van der Waals surface area contributed by atoms with Crippen molar-refractivity contribution in [2.24, 2.45) is 0 Å². The summed E-state index contributed by atoms with van der Waals surface area (Å²) in [5.41, 5.74) is 3.72. The molecule has 0 aliphatic carbocycles. The molecule has 0 saturated heterocycles. The summed E-state index contributed by atoms with van der Waals surface area (Å²) in [5.74, 6) is 1.32. The number of halogens is 1. The Hall–Kier alpha value is -2.47. The highest BCUT2D eigenvalue weighted by Crippen LogP contribution is 2.28. The Morgan fingerprint density at radius 2 is 1.92 bits per heavy atom. The van der Waals surface area contributed by atoms with Gasteiger partial charge in [-0.2, -0.15) is 4.98 Å². The minimum atomic E-state index is 0.287. The molecule has 0 radical (unpaired) electrons. The minimum Gasteiger partial charge on any atom is -0.352 e. The van der Waals surface area contributed by atoms with Crippen LogP contribution in [0.2, 0.25) is 0 Å². The summed E-state index contributed by atoms with van der Waals surface area (Å²) in [7, 11) is 0. The average Bonchev–Trinajstić information content (AvgIpc) is 2.66. The molecule has 0 aliphatic rings. The van der Waals surface area contributed by atoms with Crippen molar-refractivity contribution in [1.29, 1.82) is 0 Å². The lowest BCUT2D eigenvalue weighted by Gasteiger charge is -2.15. The SMILES string of the molecule is CC[C@H](C)Nc1nc(Nc2cccc(Br)c2C)cc(-c2ccccn2)n1. The summed E-state index contributed by atoms with van der Waals surface area (Å²) >= 11 is 3.57. The molecule has 0 fully saturated rings. The molecule has 0 aliphatic heterocycles. The second kappa shape index (κ2) is 8.27. The number of benzene rings is 1. The molecule has 6 heteroatoms. The fraction of sp³-hybridized carbons (Fsp3) is 0.250. The van der Waals surface area contributed by atoms with Gasteiger partial charge in [0.25, 0.3) is 0 Å². The van der Waals surface area contributed by atoms with E-state index in [1.165, 1.54) is 0 Å². The fourth-order valence-corrected chi connectivity index (χ4v) is 2.79. The highest BCUT2D eigenvalue weighted by molar-refractivity contribution is 9.10. The topological polar surface area (TPSA) is 62.7 Å². The second-order valence-corrected chi connectivity index (χ2v) is 7.02. The monoisotopic (exact) mass is 411 g/mol. The van der Waals surface area contributed by atoms with Gasteiger partial charge in [-0.25, -0.2) is 4.98 Å². The average molecular weight is 412 g/mol. The zero-order valence-electron chi connectivity index (χ0n) is 15.1. The van der Waals surface area contributed by atoms with Crippen molar-refractivity contribution in [3.05, 3.63) is 58.7 Å². The van der Waals surface area contributed by atoms with Crippen LogP contribution < -0.4 is 10.6 Å². The standard InChI is InChI=1S/C20H22BrN5/c1-4-13(2)23-20-25-18(17-9-5-6-11-22-17)12-19(26-20)24-16-10-7-8-15(21)14(16)3/h5-13H,4H2,1-3H3,(H2,23,24,25,26)/t13-/m0/s1. The largest absolute Gasteiger partial charge is 0.352 e. The summed E-state index contributed by atoms with van der Waals surface area (Å²) < 4.78 is 1.06. The van der Waals surface area contributed by atoms with Gasteiger partial charge >= 0.3 is 0 Å². The third-order valence-corrected chi connectivity index (χ3v) is 5.03. The van der Waals surface area contributed by atoms with Crippen molar-refractivity contribution in [2.45, 2.75) is 33.2 Å². The van der Waals surface area contributed by atoms with E-state index in [4.69, 9.17) is 0 Å². The molecule has 134 valence electrons. The summed E-state index contributed by atoms with van der Waals surface area (Å²) in [6.45, 7) is 6.30. The first-order chi connectivity index (χ1) is 12.6. The van der Waals surface area contributed by atoms with Crippen molar-refractivity contribution in [3.8, 4) is 11.4 Å². The van der Waals surface area contributed by atoms with Gasteiger partial charge in [-0.3, -0.25) is 4.98 Å². The Labute approximate surface area is 162 Å². The molecule has 0 unspecified atom stereocenters. The van der Waals surface area contributed by atoms with E-state index in [9.17, 15) is 0 Å². The molecule has 1 aromatic carbocycles. The van der Waals surface area contributed by atoms with E-state index in [1.807, 2.05) is 42.5 Å². The Morgan fingerprint density at radius 3 is 2.65 bits per heavy atom. The predicted molar refractivity (Wildman–Crippen MR) is 111 cm³/mol. The maximum Gasteiger partial charge on any atom is 0.225 e. The Bertz CT molecular complexity index is 883. The quantitative estimate of drug-likeness (QED) is 0.555. The molecule has 2 aromatic heterocycles. The summed E-state index contributed by atoms with van der Waals surface area (Å²) in [6, 6.07) is 14.1. The van der Waals surface area contributed by atoms with Crippen LogP contribution in [0.5, 0.6) is 0 Å². The molecule has 3 aromatic rings. The summed E-state index contributed by atoms with van der Waals surface area (Å²) in [6.07, 6.45) is 2.76. The maximum absolute atomic E-state index is 4.64. The van der Waals surface area contributed by atoms with Crippen molar-refractivity contribution in [3.63, 3.8) is 0 Å². The van der Waals surface area contributed by atoms with Crippen LogP contribution in [-0.4, -0.2) is 21.0 Å². The van der Waals surface area contributed by atoms with Crippen molar-refractivity contribution in [2.75, 3.05) is 10.6 Å². The lowest BCUT2D eigenvalue weighted by Crippen LogP contribution is -2.16. The van der Waals surface area contributed by atoms with Crippen LogP contribution in [-0.2, 0) is 0 Å². The minimum absolute atomic E-state index is 0.287. The molecular formula is C20H22BrN5. The molecule has 2 N–H and O–H groups in total. The van der Waals surface area contributed by atoms with Gasteiger partial charge in [-0.15, -0.1) is 0 Å². The van der Waals surface area contributed by atoms with Crippen LogP contribution in [0.3, 0.4) is 0 Å². The van der Waals surface area contributed by atoms with Crippen molar-refractivity contribution < 1.29 is 0 Å². The molecular weight excluding hydrogens is 390 g/mol. The van der Waals surface area contributed by atoms with Gasteiger partial charge in [0.05, 0.1) is 11.4 Å². The predicted octanol–water partition coefficient (Wildman–Crippen LogP) is 5.56. The van der Waals surface area contributed by atoms with E-state index in [1.54, 1.807) is 6.20 Å². The molecule has 5 nitrogen and oxygen atoms in total. The summed E-state index contributed by atoms with van der Waals surface area (Å²) in [5, 5.41) is 6.76. The fourth-order valence-electron chi connectivity index (χ4n) is 2.42.